The Morgan fingerprint density at radius 1 is 1.67 bits per heavy atom. The maximum atomic E-state index is 10.2. The van der Waals surface area contributed by atoms with Gasteiger partial charge in [-0.2, -0.15) is 0 Å². The standard InChI is InChI=1S/FO.FH.2H2O.2O.Ti.Zr/c1-2;;;;;;;/h;1H;2*1H2;;;;/q-1;;;;;;2*+2/p-3. The van der Waals surface area contributed by atoms with Crippen molar-refractivity contribution in [2.24, 2.45) is 0 Å². The molecule has 0 unspecified atom stereocenters. The van der Waals surface area contributed by atoms with Crippen molar-refractivity contribution >= 4 is 0 Å². The Morgan fingerprint density at radius 3 is 1.78 bits per heavy atom. The van der Waals surface area contributed by atoms with Crippen molar-refractivity contribution in [3.05, 3.63) is 0 Å². The van der Waals surface area contributed by atoms with Crippen LogP contribution in [-0.2, 0) is 51.1 Å². The Labute approximate surface area is 64.9 Å². The summed E-state index contributed by atoms with van der Waals surface area (Å²) in [7, 11) is 0. The van der Waals surface area contributed by atoms with E-state index in [0.717, 1.165) is 0 Å². The zero-order chi connectivity index (χ0) is 7.86. The number of rotatable bonds is 1. The van der Waals surface area contributed by atoms with Crippen molar-refractivity contribution in [2.45, 2.75) is 0 Å². The van der Waals surface area contributed by atoms with Crippen LogP contribution in [0.5, 0.6) is 0 Å². The first kappa shape index (κ1) is 12.6. The Hall–Kier alpha value is 0.937. The molecule has 0 aromatic rings. The molecule has 5 nitrogen and oxygen atoms in total. The SMILES string of the molecule is [O]=[Ti]([OH])[O]F.[O]=[Zr]([OH])[F]. The van der Waals surface area contributed by atoms with Crippen LogP contribution in [0.1, 0.15) is 0 Å². The Kier molecular flexibility index (Phi) is 12.5. The van der Waals surface area contributed by atoms with E-state index in [0.29, 0.717) is 0 Å². The molecule has 0 aromatic heterocycles. The van der Waals surface area contributed by atoms with Gasteiger partial charge in [0.2, 0.25) is 0 Å². The third-order valence-electron chi connectivity index (χ3n) is 0.0660. The van der Waals surface area contributed by atoms with Gasteiger partial charge >= 0.3 is 65.1 Å². The minimum absolute atomic E-state index is 2.42. The summed E-state index contributed by atoms with van der Waals surface area (Å²) in [6, 6.07) is 0. The van der Waals surface area contributed by atoms with Crippen molar-refractivity contribution in [3.63, 3.8) is 0 Å². The summed E-state index contributed by atoms with van der Waals surface area (Å²) in [6.07, 6.45) is 0. The second-order valence-corrected chi connectivity index (χ2v) is 2.91. The molecule has 0 aromatic carbocycles. The van der Waals surface area contributed by atoms with Gasteiger partial charge in [-0.05, 0) is 0 Å². The van der Waals surface area contributed by atoms with Gasteiger partial charge < -0.3 is 0 Å². The molecule has 0 rings (SSSR count). The fourth-order valence-electron chi connectivity index (χ4n) is 0. The van der Waals surface area contributed by atoms with E-state index in [1.54, 1.807) is 0 Å². The summed E-state index contributed by atoms with van der Waals surface area (Å²) >= 11 is -8.07. The fraction of sp³-hybridized carbons (Fsp3) is 0. The topological polar surface area (TPSA) is 83.8 Å². The minimum atomic E-state index is -4.29. The number of hydrogen-bond donors (Lipinski definition) is 2. The van der Waals surface area contributed by atoms with Crippen LogP contribution in [-0.4, -0.2) is 6.87 Å². The van der Waals surface area contributed by atoms with Gasteiger partial charge in [0, 0.05) is 0 Å². The summed E-state index contributed by atoms with van der Waals surface area (Å²) < 4.78 is 54.8. The maximum absolute atomic E-state index is 10.2. The zero-order valence-electron chi connectivity index (χ0n) is 3.88. The predicted octanol–water partition coefficient (Wildman–Crippen LogP) is -0.585. The molecule has 9 heavy (non-hydrogen) atoms. The molecule has 0 amide bonds. The quantitative estimate of drug-likeness (QED) is 0.615. The van der Waals surface area contributed by atoms with Crippen LogP contribution >= 0.6 is 0 Å². The molecule has 0 aliphatic heterocycles. The molecule has 2 N–H and O–H groups in total. The second-order valence-electron chi connectivity index (χ2n) is 0.596. The monoisotopic (exact) mass is 258 g/mol. The Balaban J connectivity index is 0. The molecular formula is H2F2O5TiZr. The van der Waals surface area contributed by atoms with Crippen LogP contribution in [0.25, 0.3) is 0 Å². The first-order valence-electron chi connectivity index (χ1n) is 1.40. The molecule has 0 saturated carbocycles. The third-order valence-corrected chi connectivity index (χ3v) is 0.272. The molecule has 0 bridgehead atoms. The van der Waals surface area contributed by atoms with E-state index < -0.39 is 41.4 Å². The second kappa shape index (κ2) is 8.94. The fourth-order valence-corrected chi connectivity index (χ4v) is 0. The summed E-state index contributed by atoms with van der Waals surface area (Å²) in [5.41, 5.74) is 0. The molecule has 0 aliphatic carbocycles. The van der Waals surface area contributed by atoms with Gasteiger partial charge in [-0.3, -0.25) is 0 Å². The van der Waals surface area contributed by atoms with Crippen LogP contribution in [0.15, 0.2) is 0 Å². The van der Waals surface area contributed by atoms with Gasteiger partial charge in [-0.25, -0.2) is 0 Å². The van der Waals surface area contributed by atoms with Crippen molar-refractivity contribution in [3.8, 4) is 0 Å². The normalized spacial score (nSPS) is 7.11. The van der Waals surface area contributed by atoms with E-state index >= 15 is 0 Å². The van der Waals surface area contributed by atoms with E-state index in [-0.39, 0.29) is 0 Å². The summed E-state index contributed by atoms with van der Waals surface area (Å²) in [5, 5.41) is 0. The molecule has 0 saturated heterocycles. The van der Waals surface area contributed by atoms with Crippen LogP contribution in [0.4, 0.5) is 7.15 Å². The number of hydrogen-bond acceptors (Lipinski definition) is 3. The van der Waals surface area contributed by atoms with Crippen LogP contribution < -0.4 is 0 Å². The Bertz CT molecular complexity index is 99.1. The van der Waals surface area contributed by atoms with Crippen molar-refractivity contribution in [2.75, 3.05) is 0 Å². The predicted molar refractivity (Wildman–Crippen MR) is 9.11 cm³/mol. The average molecular weight is 259 g/mol. The first-order valence-corrected chi connectivity index (χ1v) is 6.41. The number of halogens is 2. The van der Waals surface area contributed by atoms with E-state index in [4.69, 9.17) is 13.0 Å². The molecule has 0 aliphatic rings. The van der Waals surface area contributed by atoms with E-state index in [9.17, 15) is 7.15 Å². The molecule has 9 heteroatoms. The third kappa shape index (κ3) is 49.9. The van der Waals surface area contributed by atoms with Crippen molar-refractivity contribution in [1.82, 2.24) is 0 Å². The van der Waals surface area contributed by atoms with Gasteiger partial charge in [0.05, 0.1) is 0 Å². The molecule has 0 atom stereocenters. The average Bonchev–Trinajstić information content (AvgIpc) is 1.65. The van der Waals surface area contributed by atoms with E-state index in [1.807, 2.05) is 0 Å². The molecule has 0 heterocycles. The summed E-state index contributed by atoms with van der Waals surface area (Å²) in [5.74, 6) is 0. The summed E-state index contributed by atoms with van der Waals surface area (Å²) in [6.45, 7) is 0. The van der Waals surface area contributed by atoms with Crippen molar-refractivity contribution in [1.29, 1.82) is 0 Å². The molecule has 54 valence electrons. The van der Waals surface area contributed by atoms with Crippen LogP contribution in [0.3, 0.4) is 0 Å². The zero-order valence-corrected chi connectivity index (χ0v) is 7.89. The van der Waals surface area contributed by atoms with E-state index in [2.05, 4.69) is 3.52 Å². The van der Waals surface area contributed by atoms with Gasteiger partial charge in [0.1, 0.15) is 0 Å². The first-order chi connectivity index (χ1) is 4.00. The Morgan fingerprint density at radius 2 is 1.78 bits per heavy atom. The molecule has 0 radical (unpaired) electrons. The van der Waals surface area contributed by atoms with Crippen molar-refractivity contribution < 1.29 is 65.1 Å². The molecule has 0 fully saturated rings. The molecular weight excluding hydrogens is 257 g/mol. The van der Waals surface area contributed by atoms with E-state index in [1.165, 1.54) is 0 Å². The van der Waals surface area contributed by atoms with Gasteiger partial charge in [-0.15, -0.1) is 0 Å². The van der Waals surface area contributed by atoms with Gasteiger partial charge in [-0.1, -0.05) is 0 Å². The van der Waals surface area contributed by atoms with Crippen LogP contribution in [0, 0.1) is 0 Å². The summed E-state index contributed by atoms with van der Waals surface area (Å²) in [4.78, 5) is 0. The molecule has 0 spiro atoms. The van der Waals surface area contributed by atoms with Crippen LogP contribution in [0.2, 0.25) is 0 Å². The van der Waals surface area contributed by atoms with Gasteiger partial charge in [0.15, 0.2) is 0 Å². The van der Waals surface area contributed by atoms with Gasteiger partial charge in [0.25, 0.3) is 0 Å².